The lowest BCUT2D eigenvalue weighted by atomic mass is 10.0. The molecule has 154 valence electrons. The number of hydrogen-bond donors (Lipinski definition) is 1. The van der Waals surface area contributed by atoms with Crippen molar-refractivity contribution in [1.29, 1.82) is 0 Å². The Morgan fingerprint density at radius 1 is 0.967 bits per heavy atom. The Morgan fingerprint density at radius 3 is 2.57 bits per heavy atom. The quantitative estimate of drug-likeness (QED) is 0.686. The van der Waals surface area contributed by atoms with Crippen LogP contribution in [-0.4, -0.2) is 29.8 Å². The van der Waals surface area contributed by atoms with Crippen LogP contribution in [0.2, 0.25) is 0 Å². The molecule has 0 radical (unpaired) electrons. The summed E-state index contributed by atoms with van der Waals surface area (Å²) in [5.41, 5.74) is 5.59. The van der Waals surface area contributed by atoms with Gasteiger partial charge in [0, 0.05) is 24.0 Å². The van der Waals surface area contributed by atoms with Gasteiger partial charge in [-0.2, -0.15) is 0 Å². The number of carbonyl (C=O) groups is 2. The number of furan rings is 1. The highest BCUT2D eigenvalue weighted by Gasteiger charge is 2.22. The van der Waals surface area contributed by atoms with Crippen LogP contribution in [0.4, 0.5) is 5.69 Å². The van der Waals surface area contributed by atoms with E-state index in [1.807, 2.05) is 17.0 Å². The number of anilines is 1. The molecule has 1 fully saturated rings. The summed E-state index contributed by atoms with van der Waals surface area (Å²) >= 11 is 0. The molecule has 2 amide bonds. The van der Waals surface area contributed by atoms with Crippen molar-refractivity contribution < 1.29 is 14.0 Å². The first-order valence-corrected chi connectivity index (χ1v) is 10.9. The predicted octanol–water partition coefficient (Wildman–Crippen LogP) is 4.73. The molecule has 5 rings (SSSR count). The minimum atomic E-state index is -0.142. The molecule has 1 aromatic heterocycles. The molecule has 2 aromatic carbocycles. The molecule has 1 N–H and O–H groups in total. The Labute approximate surface area is 176 Å². The number of piperidine rings is 1. The summed E-state index contributed by atoms with van der Waals surface area (Å²) in [6, 6.07) is 11.6. The molecule has 5 nitrogen and oxygen atoms in total. The number of aryl methyl sites for hydroxylation is 2. The number of para-hydroxylation sites is 1. The average molecular weight is 402 g/mol. The smallest absolute Gasteiger partial charge is 0.255 e. The van der Waals surface area contributed by atoms with Crippen molar-refractivity contribution >= 4 is 28.5 Å². The summed E-state index contributed by atoms with van der Waals surface area (Å²) in [5, 5.41) is 3.97. The van der Waals surface area contributed by atoms with Crippen molar-refractivity contribution in [1.82, 2.24) is 4.90 Å². The van der Waals surface area contributed by atoms with Gasteiger partial charge in [-0.3, -0.25) is 9.59 Å². The van der Waals surface area contributed by atoms with Crippen LogP contribution in [-0.2, 0) is 24.1 Å². The molecule has 1 saturated heterocycles. The van der Waals surface area contributed by atoms with Crippen LogP contribution in [0.25, 0.3) is 11.0 Å². The van der Waals surface area contributed by atoms with Gasteiger partial charge in [0.05, 0.1) is 23.9 Å². The minimum Gasteiger partial charge on any atom is -0.464 e. The van der Waals surface area contributed by atoms with E-state index in [4.69, 9.17) is 4.42 Å². The zero-order valence-corrected chi connectivity index (χ0v) is 17.1. The van der Waals surface area contributed by atoms with Crippen LogP contribution in [0.1, 0.15) is 52.7 Å². The highest BCUT2D eigenvalue weighted by Crippen LogP contribution is 2.31. The van der Waals surface area contributed by atoms with Crippen LogP contribution in [0.3, 0.4) is 0 Å². The predicted molar refractivity (Wildman–Crippen MR) is 117 cm³/mol. The van der Waals surface area contributed by atoms with Gasteiger partial charge < -0.3 is 14.6 Å². The summed E-state index contributed by atoms with van der Waals surface area (Å²) in [5.74, 6) is -0.146. The fourth-order valence-corrected chi connectivity index (χ4v) is 4.70. The van der Waals surface area contributed by atoms with Crippen molar-refractivity contribution in [3.05, 3.63) is 64.9 Å². The topological polar surface area (TPSA) is 62.6 Å². The van der Waals surface area contributed by atoms with E-state index in [-0.39, 0.29) is 18.2 Å². The molecule has 3 aromatic rings. The van der Waals surface area contributed by atoms with Gasteiger partial charge in [-0.1, -0.05) is 12.1 Å². The lowest BCUT2D eigenvalue weighted by Gasteiger charge is -2.27. The first-order valence-electron chi connectivity index (χ1n) is 10.9. The first-order chi connectivity index (χ1) is 14.7. The van der Waals surface area contributed by atoms with Gasteiger partial charge >= 0.3 is 0 Å². The van der Waals surface area contributed by atoms with E-state index < -0.39 is 0 Å². The van der Waals surface area contributed by atoms with Gasteiger partial charge in [-0.15, -0.1) is 0 Å². The van der Waals surface area contributed by atoms with Crippen LogP contribution in [0.5, 0.6) is 0 Å². The maximum Gasteiger partial charge on any atom is 0.255 e. The summed E-state index contributed by atoms with van der Waals surface area (Å²) < 4.78 is 5.73. The standard InChI is InChI=1S/C25H26N2O3/c28-24(15-19-16-30-23-14-18-8-6-7-17(18)13-21(19)23)26-22-10-3-2-9-20(22)25(29)27-11-4-1-5-12-27/h2-3,9-10,13-14,16H,1,4-8,11-12,15H2,(H,26,28). The zero-order chi connectivity index (χ0) is 20.5. The highest BCUT2D eigenvalue weighted by molar-refractivity contribution is 6.04. The number of likely N-dealkylation sites (tertiary alicyclic amines) is 1. The van der Waals surface area contributed by atoms with E-state index in [0.717, 1.165) is 55.3 Å². The summed E-state index contributed by atoms with van der Waals surface area (Å²) in [6.45, 7) is 1.57. The third-order valence-electron chi connectivity index (χ3n) is 6.29. The van der Waals surface area contributed by atoms with Crippen molar-refractivity contribution in [2.45, 2.75) is 44.9 Å². The first kappa shape index (κ1) is 18.9. The van der Waals surface area contributed by atoms with Gasteiger partial charge in [-0.25, -0.2) is 0 Å². The number of fused-ring (bicyclic) bond motifs is 2. The van der Waals surface area contributed by atoms with Crippen LogP contribution < -0.4 is 5.32 Å². The summed E-state index contributed by atoms with van der Waals surface area (Å²) in [7, 11) is 0. The number of carbonyl (C=O) groups excluding carboxylic acids is 2. The SMILES string of the molecule is O=C(Cc1coc2cc3c(cc12)CCC3)Nc1ccccc1C(=O)N1CCCCC1. The molecule has 30 heavy (non-hydrogen) atoms. The fraction of sp³-hybridized carbons (Fsp3) is 0.360. The molecular weight excluding hydrogens is 376 g/mol. The van der Waals surface area contributed by atoms with Gasteiger partial charge in [0.15, 0.2) is 0 Å². The van der Waals surface area contributed by atoms with E-state index in [9.17, 15) is 9.59 Å². The number of rotatable bonds is 4. The van der Waals surface area contributed by atoms with Crippen LogP contribution in [0.15, 0.2) is 47.1 Å². The Balaban J connectivity index is 1.34. The normalized spacial score (nSPS) is 15.9. The molecule has 5 heteroatoms. The van der Waals surface area contributed by atoms with Gasteiger partial charge in [0.25, 0.3) is 5.91 Å². The Hall–Kier alpha value is -3.08. The van der Waals surface area contributed by atoms with E-state index in [0.29, 0.717) is 11.3 Å². The number of nitrogens with one attached hydrogen (secondary N) is 1. The molecule has 0 unspecified atom stereocenters. The number of nitrogens with zero attached hydrogens (tertiary/aromatic N) is 1. The van der Waals surface area contributed by atoms with E-state index in [1.165, 1.54) is 24.0 Å². The summed E-state index contributed by atoms with van der Waals surface area (Å²) in [6.07, 6.45) is 8.53. The summed E-state index contributed by atoms with van der Waals surface area (Å²) in [4.78, 5) is 27.7. The lowest BCUT2D eigenvalue weighted by Crippen LogP contribution is -2.36. The molecule has 0 bridgehead atoms. The second-order valence-electron chi connectivity index (χ2n) is 8.35. The molecule has 0 saturated carbocycles. The highest BCUT2D eigenvalue weighted by atomic mass is 16.3. The molecule has 0 spiro atoms. The van der Waals surface area contributed by atoms with Gasteiger partial charge in [-0.05, 0) is 73.9 Å². The Morgan fingerprint density at radius 2 is 1.73 bits per heavy atom. The molecule has 2 heterocycles. The molecular formula is C25H26N2O3. The zero-order valence-electron chi connectivity index (χ0n) is 17.1. The molecule has 0 atom stereocenters. The lowest BCUT2D eigenvalue weighted by molar-refractivity contribution is -0.115. The fourth-order valence-electron chi connectivity index (χ4n) is 4.70. The van der Waals surface area contributed by atoms with E-state index in [2.05, 4.69) is 17.4 Å². The molecule has 1 aliphatic carbocycles. The maximum atomic E-state index is 13.0. The maximum absolute atomic E-state index is 13.0. The van der Waals surface area contributed by atoms with E-state index >= 15 is 0 Å². The largest absolute Gasteiger partial charge is 0.464 e. The van der Waals surface area contributed by atoms with Gasteiger partial charge in [0.1, 0.15) is 5.58 Å². The minimum absolute atomic E-state index is 0.00470. The number of benzene rings is 2. The van der Waals surface area contributed by atoms with Crippen molar-refractivity contribution in [3.8, 4) is 0 Å². The second kappa shape index (κ2) is 7.98. The van der Waals surface area contributed by atoms with Gasteiger partial charge in [0.2, 0.25) is 5.91 Å². The third-order valence-corrected chi connectivity index (χ3v) is 6.29. The molecule has 2 aliphatic rings. The van der Waals surface area contributed by atoms with E-state index in [1.54, 1.807) is 18.4 Å². The van der Waals surface area contributed by atoms with Crippen molar-refractivity contribution in [2.24, 2.45) is 0 Å². The monoisotopic (exact) mass is 402 g/mol. The second-order valence-corrected chi connectivity index (χ2v) is 8.35. The van der Waals surface area contributed by atoms with Crippen molar-refractivity contribution in [2.75, 3.05) is 18.4 Å². The van der Waals surface area contributed by atoms with Crippen LogP contribution in [0, 0.1) is 0 Å². The molecule has 1 aliphatic heterocycles. The Bertz CT molecular complexity index is 1110. The number of hydrogen-bond acceptors (Lipinski definition) is 3. The third kappa shape index (κ3) is 3.60. The average Bonchev–Trinajstić information content (AvgIpc) is 3.39. The Kier molecular flexibility index (Phi) is 5.03. The van der Waals surface area contributed by atoms with Crippen molar-refractivity contribution in [3.63, 3.8) is 0 Å². The number of amides is 2. The van der Waals surface area contributed by atoms with Crippen LogP contribution >= 0.6 is 0 Å².